The largest absolute Gasteiger partial charge is 0.392 e. The fraction of sp³-hybridized carbons (Fsp3) is 0.538. The molecular formula is C13H17Cl2NO4S. The van der Waals surface area contributed by atoms with Crippen molar-refractivity contribution in [3.63, 3.8) is 0 Å². The van der Waals surface area contributed by atoms with Crippen LogP contribution in [0.3, 0.4) is 0 Å². The summed E-state index contributed by atoms with van der Waals surface area (Å²) in [7, 11) is -3.78. The molecule has 118 valence electrons. The molecule has 2 rings (SSSR count). The Labute approximate surface area is 134 Å². The van der Waals surface area contributed by atoms with Crippen molar-refractivity contribution in [3.05, 3.63) is 27.7 Å². The van der Waals surface area contributed by atoms with E-state index in [1.165, 1.54) is 12.1 Å². The Kier molecular flexibility index (Phi) is 5.51. The molecule has 2 atom stereocenters. The summed E-state index contributed by atoms with van der Waals surface area (Å²) < 4.78 is 32.7. The topological polar surface area (TPSA) is 75.6 Å². The van der Waals surface area contributed by atoms with Crippen LogP contribution in [0.4, 0.5) is 0 Å². The van der Waals surface area contributed by atoms with E-state index in [-0.39, 0.29) is 33.5 Å². The van der Waals surface area contributed by atoms with Gasteiger partial charge in [0.1, 0.15) is 4.90 Å². The average Bonchev–Trinajstić information content (AvgIpc) is 2.91. The predicted octanol–water partition coefficient (Wildman–Crippen LogP) is 2.19. The lowest BCUT2D eigenvalue weighted by Gasteiger charge is -2.20. The van der Waals surface area contributed by atoms with Crippen LogP contribution in [0.5, 0.6) is 0 Å². The van der Waals surface area contributed by atoms with Crippen molar-refractivity contribution >= 4 is 33.2 Å². The number of benzene rings is 1. The minimum absolute atomic E-state index is 0.0274. The summed E-state index contributed by atoms with van der Waals surface area (Å²) in [4.78, 5) is -0.0802. The van der Waals surface area contributed by atoms with Crippen molar-refractivity contribution in [2.75, 3.05) is 13.2 Å². The van der Waals surface area contributed by atoms with Crippen LogP contribution in [-0.2, 0) is 21.4 Å². The van der Waals surface area contributed by atoms with Crippen LogP contribution in [0.25, 0.3) is 0 Å². The SMILES string of the molecule is CC(NS(=O)(=O)c1cc(CO)c(Cl)cc1Cl)C1CCOC1. The van der Waals surface area contributed by atoms with Gasteiger partial charge in [0, 0.05) is 23.6 Å². The van der Waals surface area contributed by atoms with Gasteiger partial charge in [0.25, 0.3) is 0 Å². The number of hydrogen-bond acceptors (Lipinski definition) is 4. The van der Waals surface area contributed by atoms with Gasteiger partial charge in [-0.3, -0.25) is 0 Å². The quantitative estimate of drug-likeness (QED) is 0.850. The summed E-state index contributed by atoms with van der Waals surface area (Å²) in [6, 6.07) is 2.36. The highest BCUT2D eigenvalue weighted by molar-refractivity contribution is 7.89. The molecule has 2 N–H and O–H groups in total. The molecule has 1 fully saturated rings. The van der Waals surface area contributed by atoms with Crippen molar-refractivity contribution < 1.29 is 18.3 Å². The van der Waals surface area contributed by atoms with Crippen molar-refractivity contribution in [2.24, 2.45) is 5.92 Å². The zero-order valence-corrected chi connectivity index (χ0v) is 13.8. The Morgan fingerprint density at radius 2 is 2.14 bits per heavy atom. The molecule has 1 aliphatic rings. The Bertz CT molecular complexity index is 615. The summed E-state index contributed by atoms with van der Waals surface area (Å²) in [6.07, 6.45) is 0.819. The van der Waals surface area contributed by atoms with E-state index in [0.717, 1.165) is 6.42 Å². The van der Waals surface area contributed by atoms with Gasteiger partial charge in [0.05, 0.1) is 18.2 Å². The molecule has 5 nitrogen and oxygen atoms in total. The summed E-state index contributed by atoms with van der Waals surface area (Å²) in [5.41, 5.74) is 0.318. The van der Waals surface area contributed by atoms with Gasteiger partial charge < -0.3 is 9.84 Å². The molecule has 0 aliphatic carbocycles. The second kappa shape index (κ2) is 6.81. The number of ether oxygens (including phenoxy) is 1. The van der Waals surface area contributed by atoms with Crippen LogP contribution in [0.1, 0.15) is 18.9 Å². The van der Waals surface area contributed by atoms with Gasteiger partial charge in [-0.05, 0) is 31.0 Å². The van der Waals surface area contributed by atoms with Gasteiger partial charge in [-0.15, -0.1) is 0 Å². The van der Waals surface area contributed by atoms with Crippen molar-refractivity contribution in [3.8, 4) is 0 Å². The molecule has 0 radical (unpaired) electrons. The fourth-order valence-corrected chi connectivity index (χ4v) is 4.42. The monoisotopic (exact) mass is 353 g/mol. The number of sulfonamides is 1. The van der Waals surface area contributed by atoms with Gasteiger partial charge in [0.15, 0.2) is 0 Å². The number of halogens is 2. The molecule has 1 heterocycles. The van der Waals surface area contributed by atoms with E-state index in [1.54, 1.807) is 6.92 Å². The van der Waals surface area contributed by atoms with Gasteiger partial charge in [-0.2, -0.15) is 0 Å². The smallest absolute Gasteiger partial charge is 0.242 e. The maximum absolute atomic E-state index is 12.4. The molecule has 1 aromatic rings. The molecule has 8 heteroatoms. The summed E-state index contributed by atoms with van der Waals surface area (Å²) in [6.45, 7) is 2.63. The molecule has 21 heavy (non-hydrogen) atoms. The Hall–Kier alpha value is -0.370. The average molecular weight is 354 g/mol. The first-order valence-electron chi connectivity index (χ1n) is 6.54. The van der Waals surface area contributed by atoms with E-state index in [1.807, 2.05) is 0 Å². The molecule has 1 saturated heterocycles. The zero-order valence-electron chi connectivity index (χ0n) is 11.5. The number of rotatable bonds is 5. The third-order valence-corrected chi connectivity index (χ3v) is 5.95. The summed E-state index contributed by atoms with van der Waals surface area (Å²) in [5, 5.41) is 9.46. The minimum atomic E-state index is -3.78. The molecule has 0 amide bonds. The van der Waals surface area contributed by atoms with Crippen molar-refractivity contribution in [1.82, 2.24) is 4.72 Å². The van der Waals surface area contributed by atoms with Gasteiger partial charge in [-0.1, -0.05) is 23.2 Å². The minimum Gasteiger partial charge on any atom is -0.392 e. The third-order valence-electron chi connectivity index (χ3n) is 3.57. The van der Waals surface area contributed by atoms with E-state index in [2.05, 4.69) is 4.72 Å². The maximum atomic E-state index is 12.4. The zero-order chi connectivity index (χ0) is 15.6. The van der Waals surface area contributed by atoms with Gasteiger partial charge >= 0.3 is 0 Å². The third kappa shape index (κ3) is 3.88. The number of hydrogen-bond donors (Lipinski definition) is 2. The molecule has 1 aromatic carbocycles. The lowest BCUT2D eigenvalue weighted by molar-refractivity contribution is 0.180. The Morgan fingerprint density at radius 1 is 1.43 bits per heavy atom. The lowest BCUT2D eigenvalue weighted by atomic mass is 10.0. The van der Waals surface area contributed by atoms with E-state index >= 15 is 0 Å². The standard InChI is InChI=1S/C13H17Cl2NO4S/c1-8(9-2-3-20-7-9)16-21(18,19)13-4-10(6-17)11(14)5-12(13)15/h4-5,8-9,16-17H,2-3,6-7H2,1H3. The van der Waals surface area contributed by atoms with E-state index in [4.69, 9.17) is 27.9 Å². The highest BCUT2D eigenvalue weighted by Gasteiger charge is 2.28. The Balaban J connectivity index is 2.26. The first kappa shape index (κ1) is 17.0. The molecular weight excluding hydrogens is 337 g/mol. The van der Waals surface area contributed by atoms with Crippen LogP contribution in [0, 0.1) is 5.92 Å². The fourth-order valence-electron chi connectivity index (χ4n) is 2.25. The predicted molar refractivity (Wildman–Crippen MR) is 81.1 cm³/mol. The second-order valence-electron chi connectivity index (χ2n) is 5.07. The molecule has 0 spiro atoms. The maximum Gasteiger partial charge on any atom is 0.242 e. The van der Waals surface area contributed by atoms with Crippen molar-refractivity contribution in [2.45, 2.75) is 30.9 Å². The molecule has 0 bridgehead atoms. The first-order valence-corrected chi connectivity index (χ1v) is 8.78. The second-order valence-corrected chi connectivity index (χ2v) is 7.56. The number of aliphatic hydroxyl groups excluding tert-OH is 1. The summed E-state index contributed by atoms with van der Waals surface area (Å²) >= 11 is 11.9. The molecule has 0 aromatic heterocycles. The Morgan fingerprint density at radius 3 is 2.71 bits per heavy atom. The molecule has 2 unspecified atom stereocenters. The van der Waals surface area contributed by atoms with E-state index < -0.39 is 10.0 Å². The highest BCUT2D eigenvalue weighted by Crippen LogP contribution is 2.29. The van der Waals surface area contributed by atoms with Gasteiger partial charge in [0.2, 0.25) is 10.0 Å². The molecule has 0 saturated carbocycles. The van der Waals surface area contributed by atoms with Crippen LogP contribution in [-0.4, -0.2) is 32.8 Å². The van der Waals surface area contributed by atoms with Crippen LogP contribution >= 0.6 is 23.2 Å². The normalized spacial score (nSPS) is 20.7. The van der Waals surface area contributed by atoms with Crippen LogP contribution in [0.15, 0.2) is 17.0 Å². The highest BCUT2D eigenvalue weighted by atomic mass is 35.5. The van der Waals surface area contributed by atoms with Crippen LogP contribution in [0.2, 0.25) is 10.0 Å². The molecule has 1 aliphatic heterocycles. The van der Waals surface area contributed by atoms with Gasteiger partial charge in [-0.25, -0.2) is 13.1 Å². The van der Waals surface area contributed by atoms with Crippen molar-refractivity contribution in [1.29, 1.82) is 0 Å². The first-order chi connectivity index (χ1) is 9.85. The van der Waals surface area contributed by atoms with Crippen LogP contribution < -0.4 is 4.72 Å². The lowest BCUT2D eigenvalue weighted by Crippen LogP contribution is -2.38. The number of aliphatic hydroxyl groups is 1. The van der Waals surface area contributed by atoms with E-state index in [9.17, 15) is 13.5 Å². The summed E-state index contributed by atoms with van der Waals surface area (Å²) in [5.74, 6) is 0.142. The number of nitrogens with one attached hydrogen (secondary N) is 1. The van der Waals surface area contributed by atoms with E-state index in [0.29, 0.717) is 18.8 Å².